The Morgan fingerprint density at radius 3 is 2.72 bits per heavy atom. The number of methoxy groups -OCH3 is 2. The first-order chi connectivity index (χ1) is 13.8. The van der Waals surface area contributed by atoms with E-state index < -0.39 is 28.5 Å². The van der Waals surface area contributed by atoms with Gasteiger partial charge in [-0.2, -0.15) is 0 Å². The van der Waals surface area contributed by atoms with Crippen LogP contribution in [0.25, 0.3) is 0 Å². The number of hydrogen-bond acceptors (Lipinski definition) is 8. The fourth-order valence-corrected chi connectivity index (χ4v) is 3.59. The second-order valence-electron chi connectivity index (χ2n) is 6.04. The molecule has 1 aromatic rings. The van der Waals surface area contributed by atoms with E-state index in [1.807, 2.05) is 0 Å². The van der Waals surface area contributed by atoms with E-state index in [9.17, 15) is 18.0 Å². The van der Waals surface area contributed by atoms with Gasteiger partial charge in [-0.05, 0) is 24.3 Å². The number of sulfonamides is 1. The Kier molecular flexibility index (Phi) is 5.87. The maximum atomic E-state index is 12.2. The minimum absolute atomic E-state index is 0.144. The van der Waals surface area contributed by atoms with Gasteiger partial charge < -0.3 is 24.4 Å². The summed E-state index contributed by atoms with van der Waals surface area (Å²) in [5.74, 6) is -0.212. The highest BCUT2D eigenvalue weighted by molar-refractivity contribution is 7.90. The summed E-state index contributed by atoms with van der Waals surface area (Å²) in [6.45, 7) is -0.325. The molecule has 2 aliphatic heterocycles. The summed E-state index contributed by atoms with van der Waals surface area (Å²) in [5, 5.41) is 2.59. The molecule has 1 amide bonds. The fraction of sp³-hybridized carbons (Fsp3) is 0.278. The Balaban J connectivity index is 1.58. The minimum atomic E-state index is -3.47. The molecule has 1 N–H and O–H groups in total. The fourth-order valence-electron chi connectivity index (χ4n) is 2.62. The molecule has 0 unspecified atom stereocenters. The Hall–Kier alpha value is -3.34. The molecule has 0 atom stereocenters. The van der Waals surface area contributed by atoms with E-state index in [2.05, 4.69) is 9.71 Å². The van der Waals surface area contributed by atoms with Crippen molar-refractivity contribution in [1.29, 1.82) is 0 Å². The summed E-state index contributed by atoms with van der Waals surface area (Å²) in [6, 6.07) is 4.87. The van der Waals surface area contributed by atoms with E-state index >= 15 is 0 Å². The number of benzene rings is 1. The van der Waals surface area contributed by atoms with Gasteiger partial charge in [0.15, 0.2) is 6.61 Å². The monoisotopic (exact) mass is 421 g/mol. The molecular formula is C18H19N3O7S. The van der Waals surface area contributed by atoms with E-state index in [-0.39, 0.29) is 23.7 Å². The molecular weight excluding hydrogens is 402 g/mol. The maximum Gasteiger partial charge on any atom is 0.340 e. The van der Waals surface area contributed by atoms with E-state index in [1.165, 1.54) is 32.6 Å². The van der Waals surface area contributed by atoms with Crippen molar-refractivity contribution in [3.8, 4) is 11.5 Å². The normalized spacial score (nSPS) is 16.8. The number of amidine groups is 1. The number of ether oxygens (including phenoxy) is 3. The lowest BCUT2D eigenvalue weighted by Gasteiger charge is -2.26. The Labute approximate surface area is 167 Å². The number of hydrogen-bond donors (Lipinski definition) is 1. The molecule has 0 radical (unpaired) electrons. The zero-order valence-electron chi connectivity index (χ0n) is 15.7. The lowest BCUT2D eigenvalue weighted by Crippen LogP contribution is -2.37. The predicted octanol–water partition coefficient (Wildman–Crippen LogP) is 0.683. The van der Waals surface area contributed by atoms with Gasteiger partial charge in [0.2, 0.25) is 0 Å². The molecule has 0 bridgehead atoms. The molecule has 0 aromatic heterocycles. The molecule has 2 aliphatic rings. The lowest BCUT2D eigenvalue weighted by atomic mass is 10.2. The summed E-state index contributed by atoms with van der Waals surface area (Å²) in [5.41, 5.74) is 0.583. The van der Waals surface area contributed by atoms with Crippen molar-refractivity contribution in [2.45, 2.75) is 0 Å². The second kappa shape index (κ2) is 8.35. The van der Waals surface area contributed by atoms with Gasteiger partial charge in [0.1, 0.15) is 17.3 Å². The number of nitrogens with one attached hydrogen (secondary N) is 1. The van der Waals surface area contributed by atoms with Crippen molar-refractivity contribution in [2.75, 3.05) is 38.4 Å². The van der Waals surface area contributed by atoms with Crippen molar-refractivity contribution in [3.63, 3.8) is 0 Å². The van der Waals surface area contributed by atoms with Crippen LogP contribution >= 0.6 is 0 Å². The van der Waals surface area contributed by atoms with Crippen molar-refractivity contribution in [3.05, 3.63) is 42.1 Å². The summed E-state index contributed by atoms with van der Waals surface area (Å²) in [6.07, 6.45) is 4.25. The number of amides is 1. The molecule has 0 saturated heterocycles. The number of esters is 1. The largest absolute Gasteiger partial charge is 0.497 e. The smallest absolute Gasteiger partial charge is 0.340 e. The molecule has 1 aromatic carbocycles. The first-order valence-electron chi connectivity index (χ1n) is 8.49. The first kappa shape index (κ1) is 20.4. The average molecular weight is 421 g/mol. The topological polar surface area (TPSA) is 124 Å². The van der Waals surface area contributed by atoms with Crippen LogP contribution in [0.5, 0.6) is 11.5 Å². The quantitative estimate of drug-likeness (QED) is 0.665. The number of rotatable bonds is 6. The highest BCUT2D eigenvalue weighted by Crippen LogP contribution is 2.29. The molecule has 0 fully saturated rings. The zero-order chi connectivity index (χ0) is 21.0. The van der Waals surface area contributed by atoms with Crippen molar-refractivity contribution < 1.29 is 32.2 Å². The molecule has 3 rings (SSSR count). The van der Waals surface area contributed by atoms with Gasteiger partial charge in [0.25, 0.3) is 15.9 Å². The van der Waals surface area contributed by atoms with Crippen molar-refractivity contribution in [1.82, 2.24) is 4.90 Å². The molecule has 0 spiro atoms. The molecule has 0 saturated carbocycles. The number of anilines is 1. The first-order valence-corrected chi connectivity index (χ1v) is 10.1. The van der Waals surface area contributed by atoms with Crippen LogP contribution in [0.3, 0.4) is 0 Å². The van der Waals surface area contributed by atoms with Crippen LogP contribution in [0.2, 0.25) is 0 Å². The van der Waals surface area contributed by atoms with Crippen molar-refractivity contribution >= 4 is 33.4 Å². The average Bonchev–Trinajstić information content (AvgIpc) is 2.71. The summed E-state index contributed by atoms with van der Waals surface area (Å²) < 4.78 is 42.0. The summed E-state index contributed by atoms with van der Waals surface area (Å²) in [4.78, 5) is 25.9. The van der Waals surface area contributed by atoms with Gasteiger partial charge in [-0.15, -0.1) is 4.40 Å². The van der Waals surface area contributed by atoms with E-state index in [0.29, 0.717) is 17.2 Å². The lowest BCUT2D eigenvalue weighted by molar-refractivity contribution is -0.143. The Morgan fingerprint density at radius 1 is 1.21 bits per heavy atom. The van der Waals surface area contributed by atoms with Crippen LogP contribution in [0.1, 0.15) is 0 Å². The van der Waals surface area contributed by atoms with E-state index in [4.69, 9.17) is 14.2 Å². The third-order valence-corrected chi connectivity index (χ3v) is 5.24. The molecule has 0 aliphatic carbocycles. The van der Waals surface area contributed by atoms with Crippen molar-refractivity contribution in [2.24, 2.45) is 4.40 Å². The van der Waals surface area contributed by atoms with Crippen LogP contribution in [0.4, 0.5) is 5.69 Å². The Bertz CT molecular complexity index is 1030. The minimum Gasteiger partial charge on any atom is -0.497 e. The second-order valence-corrected chi connectivity index (χ2v) is 7.79. The maximum absolute atomic E-state index is 12.2. The third kappa shape index (κ3) is 4.93. The van der Waals surface area contributed by atoms with E-state index in [0.717, 1.165) is 0 Å². The van der Waals surface area contributed by atoms with Gasteiger partial charge in [-0.3, -0.25) is 4.79 Å². The SMILES string of the molecule is COc1ccc(NC(=O)COC(=O)C2=CN3CCS(=O)(=O)N=C3C=C2)c(OC)c1. The molecule has 10 nitrogen and oxygen atoms in total. The van der Waals surface area contributed by atoms with Crippen LogP contribution < -0.4 is 14.8 Å². The summed E-state index contributed by atoms with van der Waals surface area (Å²) >= 11 is 0. The number of nitrogens with zero attached hydrogens (tertiary/aromatic N) is 2. The highest BCUT2D eigenvalue weighted by Gasteiger charge is 2.25. The van der Waals surface area contributed by atoms with Gasteiger partial charge >= 0.3 is 5.97 Å². The van der Waals surface area contributed by atoms with Gasteiger partial charge in [-0.1, -0.05) is 0 Å². The highest BCUT2D eigenvalue weighted by atomic mass is 32.2. The number of carbonyl (C=O) groups is 2. The van der Waals surface area contributed by atoms with Gasteiger partial charge in [0.05, 0.1) is 31.2 Å². The standard InChI is InChI=1S/C18H19N3O7S/c1-26-13-4-5-14(15(9-13)27-2)19-17(22)11-28-18(23)12-3-6-16-20-29(24,25)8-7-21(16)10-12/h3-6,9-10H,7-8,11H2,1-2H3,(H,19,22). The predicted molar refractivity (Wildman–Crippen MR) is 104 cm³/mol. The van der Waals surface area contributed by atoms with Crippen LogP contribution in [0.15, 0.2) is 46.5 Å². The number of fused-ring (bicyclic) bond motifs is 1. The molecule has 29 heavy (non-hydrogen) atoms. The summed E-state index contributed by atoms with van der Waals surface area (Å²) in [7, 11) is -0.507. The van der Waals surface area contributed by atoms with Gasteiger partial charge in [-0.25, -0.2) is 13.2 Å². The molecule has 2 heterocycles. The molecule has 11 heteroatoms. The van der Waals surface area contributed by atoms with Crippen LogP contribution in [-0.4, -0.2) is 64.2 Å². The zero-order valence-corrected chi connectivity index (χ0v) is 16.6. The van der Waals surface area contributed by atoms with Crippen LogP contribution in [0, 0.1) is 0 Å². The number of carbonyl (C=O) groups excluding carboxylic acids is 2. The van der Waals surface area contributed by atoms with E-state index in [1.54, 1.807) is 23.1 Å². The third-order valence-electron chi connectivity index (χ3n) is 4.08. The Morgan fingerprint density at radius 2 is 2.00 bits per heavy atom. The molecule has 154 valence electrons. The van der Waals surface area contributed by atoms with Crippen LogP contribution in [-0.2, 0) is 24.3 Å². The van der Waals surface area contributed by atoms with Gasteiger partial charge in [0, 0.05) is 18.8 Å².